The molecule has 0 spiro atoms. The molecule has 0 bridgehead atoms. The van der Waals surface area contributed by atoms with Crippen LogP contribution in [0.3, 0.4) is 0 Å². The largest absolute Gasteiger partial charge is 0.493 e. The van der Waals surface area contributed by atoms with Crippen LogP contribution in [-0.4, -0.2) is 52.8 Å². The Kier molecular flexibility index (Phi) is 9.15. The third kappa shape index (κ3) is 6.89. The molecule has 0 aliphatic carbocycles. The number of aryl methyl sites for hydroxylation is 1. The molecule has 1 atom stereocenters. The van der Waals surface area contributed by atoms with Gasteiger partial charge in [-0.3, -0.25) is 4.90 Å². The van der Waals surface area contributed by atoms with E-state index in [4.69, 9.17) is 23.7 Å². The van der Waals surface area contributed by atoms with E-state index in [1.54, 1.807) is 24.1 Å². The van der Waals surface area contributed by atoms with E-state index in [0.29, 0.717) is 43.6 Å². The van der Waals surface area contributed by atoms with Gasteiger partial charge in [0.05, 0.1) is 56.2 Å². The van der Waals surface area contributed by atoms with Gasteiger partial charge in [-0.2, -0.15) is 5.10 Å². The first-order chi connectivity index (χ1) is 18.1. The molecule has 2 aromatic carbocycles. The van der Waals surface area contributed by atoms with E-state index in [1.165, 1.54) is 0 Å². The molecule has 8 heteroatoms. The number of benzene rings is 2. The highest BCUT2D eigenvalue weighted by molar-refractivity contribution is 5.47. The van der Waals surface area contributed by atoms with E-state index in [1.807, 2.05) is 73.7 Å². The van der Waals surface area contributed by atoms with Crippen molar-refractivity contribution in [2.45, 2.75) is 26.1 Å². The number of hydrogen-bond acceptors (Lipinski definition) is 7. The Labute approximate surface area is 217 Å². The lowest BCUT2D eigenvalue weighted by Crippen LogP contribution is -2.34. The van der Waals surface area contributed by atoms with E-state index >= 15 is 0 Å². The average Bonchev–Trinajstić information content (AvgIpc) is 3.53. The summed E-state index contributed by atoms with van der Waals surface area (Å²) < 4.78 is 24.9. The Hall–Kier alpha value is -3.85. The molecule has 37 heavy (non-hydrogen) atoms. The molecule has 2 aromatic heterocycles. The van der Waals surface area contributed by atoms with Crippen LogP contribution in [0.5, 0.6) is 17.4 Å². The Morgan fingerprint density at radius 3 is 2.51 bits per heavy atom. The topological polar surface area (TPSA) is 82.1 Å². The van der Waals surface area contributed by atoms with Crippen molar-refractivity contribution >= 4 is 0 Å². The van der Waals surface area contributed by atoms with Gasteiger partial charge in [0.2, 0.25) is 5.88 Å². The lowest BCUT2D eigenvalue weighted by molar-refractivity contribution is 0.0214. The first kappa shape index (κ1) is 26.2. The Balaban J connectivity index is 1.69. The van der Waals surface area contributed by atoms with Crippen LogP contribution in [0.15, 0.2) is 90.1 Å². The fourth-order valence-electron chi connectivity index (χ4n) is 4.05. The van der Waals surface area contributed by atoms with E-state index in [9.17, 15) is 5.11 Å². The lowest BCUT2D eigenvalue weighted by Gasteiger charge is -2.24. The predicted molar refractivity (Wildman–Crippen MR) is 141 cm³/mol. The van der Waals surface area contributed by atoms with E-state index in [2.05, 4.69) is 11.5 Å². The number of hydrogen-bond donors (Lipinski definition) is 1. The van der Waals surface area contributed by atoms with Gasteiger partial charge < -0.3 is 23.7 Å². The summed E-state index contributed by atoms with van der Waals surface area (Å²) >= 11 is 0. The fraction of sp³-hybridized carbons (Fsp3) is 0.276. The second-order valence-electron chi connectivity index (χ2n) is 8.60. The quantitative estimate of drug-likeness (QED) is 0.188. The number of furan rings is 1. The van der Waals surface area contributed by atoms with Crippen molar-refractivity contribution in [3.63, 3.8) is 0 Å². The number of methoxy groups -OCH3 is 1. The summed E-state index contributed by atoms with van der Waals surface area (Å²) in [5.41, 5.74) is 2.58. The molecule has 194 valence electrons. The summed E-state index contributed by atoms with van der Waals surface area (Å²) in [7, 11) is 1.61. The van der Waals surface area contributed by atoms with Crippen molar-refractivity contribution < 1.29 is 23.7 Å². The molecule has 1 N–H and O–H groups in total. The molecule has 0 aliphatic rings. The molecule has 0 saturated carbocycles. The molecule has 0 radical (unpaired) electrons. The van der Waals surface area contributed by atoms with Crippen LogP contribution in [0.1, 0.15) is 17.0 Å². The molecular formula is C29H33N3O5. The van der Waals surface area contributed by atoms with Gasteiger partial charge in [0.25, 0.3) is 0 Å². The normalized spacial score (nSPS) is 12.0. The first-order valence-corrected chi connectivity index (χ1v) is 12.1. The maximum absolute atomic E-state index is 10.7. The Morgan fingerprint density at radius 1 is 1.05 bits per heavy atom. The maximum atomic E-state index is 10.7. The second kappa shape index (κ2) is 12.9. The molecule has 2 heterocycles. The third-order valence-corrected chi connectivity index (χ3v) is 5.77. The van der Waals surface area contributed by atoms with Crippen molar-refractivity contribution in [1.29, 1.82) is 0 Å². The molecule has 4 rings (SSSR count). The summed E-state index contributed by atoms with van der Waals surface area (Å²) in [6, 6.07) is 21.1. The lowest BCUT2D eigenvalue weighted by atomic mass is 10.2. The number of para-hydroxylation sites is 3. The van der Waals surface area contributed by atoms with Gasteiger partial charge >= 0.3 is 0 Å². The van der Waals surface area contributed by atoms with Crippen LogP contribution < -0.4 is 9.47 Å². The average molecular weight is 504 g/mol. The molecule has 0 unspecified atom stereocenters. The molecule has 0 amide bonds. The highest BCUT2D eigenvalue weighted by Crippen LogP contribution is 2.36. The number of ether oxygens (including phenoxy) is 3. The van der Waals surface area contributed by atoms with E-state index in [0.717, 1.165) is 22.7 Å². The number of aliphatic hydroxyl groups excluding tert-OH is 1. The van der Waals surface area contributed by atoms with Crippen molar-refractivity contribution in [2.24, 2.45) is 0 Å². The summed E-state index contributed by atoms with van der Waals surface area (Å²) in [4.78, 5) is 2.09. The number of rotatable bonds is 14. The highest BCUT2D eigenvalue weighted by Gasteiger charge is 2.24. The van der Waals surface area contributed by atoms with E-state index in [-0.39, 0.29) is 6.61 Å². The number of aromatic nitrogens is 2. The van der Waals surface area contributed by atoms with Gasteiger partial charge in [-0.15, -0.1) is 6.58 Å². The van der Waals surface area contributed by atoms with Gasteiger partial charge in [-0.1, -0.05) is 36.4 Å². The predicted octanol–water partition coefficient (Wildman–Crippen LogP) is 5.14. The van der Waals surface area contributed by atoms with Crippen LogP contribution >= 0.6 is 0 Å². The zero-order chi connectivity index (χ0) is 26.0. The zero-order valence-corrected chi connectivity index (χ0v) is 21.2. The second-order valence-corrected chi connectivity index (χ2v) is 8.60. The number of aliphatic hydroxyl groups is 1. The van der Waals surface area contributed by atoms with Gasteiger partial charge in [0.1, 0.15) is 5.76 Å². The van der Waals surface area contributed by atoms with Crippen molar-refractivity contribution in [3.05, 3.63) is 103 Å². The Morgan fingerprint density at radius 2 is 1.81 bits per heavy atom. The summed E-state index contributed by atoms with van der Waals surface area (Å²) in [6.45, 7) is 7.52. The van der Waals surface area contributed by atoms with Gasteiger partial charge in [-0.25, -0.2) is 4.68 Å². The highest BCUT2D eigenvalue weighted by atomic mass is 16.5. The SMILES string of the molecule is C=CCOC[C@@H](O)CN(Cc1ccco1)Cc1c(C)nn(-c2ccccc2)c1Oc1ccccc1OC. The first-order valence-electron chi connectivity index (χ1n) is 12.1. The molecule has 0 aliphatic heterocycles. The van der Waals surface area contributed by atoms with Crippen molar-refractivity contribution in [3.8, 4) is 23.1 Å². The maximum Gasteiger partial charge on any atom is 0.227 e. The van der Waals surface area contributed by atoms with Gasteiger partial charge in [0.15, 0.2) is 11.5 Å². The number of nitrogens with zero attached hydrogens (tertiary/aromatic N) is 3. The fourth-order valence-corrected chi connectivity index (χ4v) is 4.05. The van der Waals surface area contributed by atoms with Crippen molar-refractivity contribution in [1.82, 2.24) is 14.7 Å². The Bertz CT molecular complexity index is 1250. The molecule has 0 saturated heterocycles. The summed E-state index contributed by atoms with van der Waals surface area (Å²) in [6.07, 6.45) is 2.61. The molecule has 0 fully saturated rings. The monoisotopic (exact) mass is 503 g/mol. The van der Waals surface area contributed by atoms with Crippen molar-refractivity contribution in [2.75, 3.05) is 26.9 Å². The third-order valence-electron chi connectivity index (χ3n) is 5.77. The molecule has 4 aromatic rings. The summed E-state index contributed by atoms with van der Waals surface area (Å²) in [5.74, 6) is 2.57. The van der Waals surface area contributed by atoms with Crippen LogP contribution in [0.4, 0.5) is 0 Å². The minimum absolute atomic E-state index is 0.202. The standard InChI is InChI=1S/C29H33N3O5/c1-4-16-35-21-24(33)18-31(19-25-13-10-17-36-25)20-26-22(2)30-32(23-11-6-5-7-12-23)29(26)37-28-15-9-8-14-27(28)34-3/h4-15,17,24,33H,1,16,18-21H2,2-3H3/t24-/m0/s1. The minimum atomic E-state index is -0.696. The minimum Gasteiger partial charge on any atom is -0.493 e. The van der Waals surface area contributed by atoms with Gasteiger partial charge in [0, 0.05) is 13.1 Å². The zero-order valence-electron chi connectivity index (χ0n) is 21.2. The van der Waals surface area contributed by atoms with E-state index < -0.39 is 6.10 Å². The molecule has 8 nitrogen and oxygen atoms in total. The van der Waals surface area contributed by atoms with Crippen LogP contribution in [-0.2, 0) is 17.8 Å². The van der Waals surface area contributed by atoms with Crippen LogP contribution in [0.25, 0.3) is 5.69 Å². The van der Waals surface area contributed by atoms with Crippen LogP contribution in [0, 0.1) is 6.92 Å². The van der Waals surface area contributed by atoms with Crippen LogP contribution in [0.2, 0.25) is 0 Å². The van der Waals surface area contributed by atoms with Gasteiger partial charge in [-0.05, 0) is 43.3 Å². The smallest absolute Gasteiger partial charge is 0.227 e. The molecular weight excluding hydrogens is 470 g/mol. The summed E-state index contributed by atoms with van der Waals surface area (Å²) in [5, 5.41) is 15.5.